The van der Waals surface area contributed by atoms with E-state index in [1.165, 1.54) is 6.08 Å². The summed E-state index contributed by atoms with van der Waals surface area (Å²) < 4.78 is 5.42. The van der Waals surface area contributed by atoms with Crippen LogP contribution in [0.15, 0.2) is 36.9 Å². The summed E-state index contributed by atoms with van der Waals surface area (Å²) in [6.07, 6.45) is 1.93. The monoisotopic (exact) mass is 465 g/mol. The molecule has 0 saturated carbocycles. The number of rotatable bonds is 7. The maximum absolute atomic E-state index is 12.2. The lowest BCUT2D eigenvalue weighted by atomic mass is 10.2. The summed E-state index contributed by atoms with van der Waals surface area (Å²) >= 11 is 0. The van der Waals surface area contributed by atoms with Crippen LogP contribution in [-0.4, -0.2) is 79.2 Å². The van der Waals surface area contributed by atoms with E-state index in [1.807, 2.05) is 31.2 Å². The van der Waals surface area contributed by atoms with Crippen molar-refractivity contribution in [2.24, 2.45) is 5.73 Å². The number of anilines is 4. The number of primary amides is 1. The Kier molecular flexibility index (Phi) is 7.27. The standard InChI is InChI=1S/C24H31N7O3/c1-3-19-24(31-11-9-30(10-12-31)20(32)4-2)28-23(21(27-19)22(25)33)26-17-5-7-18(8-6-17)29-13-15-34-16-14-29/h4-8H,2-3,9-16H2,1H3,(H2,25,33)(H,26,28). The molecule has 10 heteroatoms. The maximum atomic E-state index is 12.2. The van der Waals surface area contributed by atoms with Crippen molar-refractivity contribution in [3.63, 3.8) is 0 Å². The molecule has 0 bridgehead atoms. The number of nitrogens with one attached hydrogen (secondary N) is 1. The van der Waals surface area contributed by atoms with Crippen molar-refractivity contribution in [2.45, 2.75) is 13.3 Å². The van der Waals surface area contributed by atoms with E-state index in [-0.39, 0.29) is 11.6 Å². The lowest BCUT2D eigenvalue weighted by Gasteiger charge is -2.35. The minimum absolute atomic E-state index is 0.0755. The molecule has 4 rings (SSSR count). The van der Waals surface area contributed by atoms with Gasteiger partial charge in [-0.25, -0.2) is 9.97 Å². The fraction of sp³-hybridized carbons (Fsp3) is 0.417. The molecule has 0 spiro atoms. The SMILES string of the molecule is C=CC(=O)N1CCN(c2nc(Nc3ccc(N4CCOCC4)cc3)c(C(N)=O)nc2CC)CC1. The van der Waals surface area contributed by atoms with Crippen LogP contribution in [0.5, 0.6) is 0 Å². The Labute approximate surface area is 199 Å². The number of morpholine rings is 1. The Morgan fingerprint density at radius 3 is 2.32 bits per heavy atom. The van der Waals surface area contributed by atoms with Crippen LogP contribution in [0.4, 0.5) is 23.0 Å². The third kappa shape index (κ3) is 5.12. The van der Waals surface area contributed by atoms with Crippen LogP contribution in [0.1, 0.15) is 23.1 Å². The molecule has 1 aromatic carbocycles. The van der Waals surface area contributed by atoms with Crippen LogP contribution in [-0.2, 0) is 16.0 Å². The largest absolute Gasteiger partial charge is 0.378 e. The van der Waals surface area contributed by atoms with Crippen molar-refractivity contribution in [3.8, 4) is 0 Å². The van der Waals surface area contributed by atoms with Crippen LogP contribution >= 0.6 is 0 Å². The molecule has 10 nitrogen and oxygen atoms in total. The number of nitrogens with zero attached hydrogens (tertiary/aromatic N) is 5. The van der Waals surface area contributed by atoms with Gasteiger partial charge in [0.1, 0.15) is 0 Å². The number of carbonyl (C=O) groups is 2. The van der Waals surface area contributed by atoms with Crippen molar-refractivity contribution in [2.75, 3.05) is 67.6 Å². The molecule has 2 aromatic rings. The van der Waals surface area contributed by atoms with Gasteiger partial charge < -0.3 is 30.5 Å². The second-order valence-electron chi connectivity index (χ2n) is 8.20. The summed E-state index contributed by atoms with van der Waals surface area (Å²) in [6, 6.07) is 7.96. The summed E-state index contributed by atoms with van der Waals surface area (Å²) in [5.41, 5.74) is 8.35. The van der Waals surface area contributed by atoms with E-state index in [1.54, 1.807) is 4.90 Å². The highest BCUT2D eigenvalue weighted by Crippen LogP contribution is 2.27. The number of benzene rings is 1. The molecule has 2 amide bonds. The van der Waals surface area contributed by atoms with Gasteiger partial charge in [0, 0.05) is 50.6 Å². The summed E-state index contributed by atoms with van der Waals surface area (Å²) in [4.78, 5) is 39.6. The van der Waals surface area contributed by atoms with E-state index < -0.39 is 5.91 Å². The van der Waals surface area contributed by atoms with Gasteiger partial charge in [-0.3, -0.25) is 9.59 Å². The molecule has 2 fully saturated rings. The molecule has 0 aliphatic carbocycles. The molecule has 2 aliphatic rings. The van der Waals surface area contributed by atoms with E-state index >= 15 is 0 Å². The zero-order valence-electron chi connectivity index (χ0n) is 19.5. The molecule has 2 aliphatic heterocycles. The number of aromatic nitrogens is 2. The number of piperazine rings is 1. The molecule has 0 unspecified atom stereocenters. The first-order valence-electron chi connectivity index (χ1n) is 11.6. The van der Waals surface area contributed by atoms with Gasteiger partial charge in [-0.2, -0.15) is 0 Å². The number of hydrogen-bond acceptors (Lipinski definition) is 8. The van der Waals surface area contributed by atoms with Gasteiger partial charge >= 0.3 is 0 Å². The topological polar surface area (TPSA) is 117 Å². The Morgan fingerprint density at radius 1 is 1.06 bits per heavy atom. The third-order valence-corrected chi connectivity index (χ3v) is 6.09. The fourth-order valence-electron chi connectivity index (χ4n) is 4.19. The highest BCUT2D eigenvalue weighted by Gasteiger charge is 2.25. The molecular weight excluding hydrogens is 434 g/mol. The average molecular weight is 466 g/mol. The second-order valence-corrected chi connectivity index (χ2v) is 8.20. The Morgan fingerprint density at radius 2 is 1.74 bits per heavy atom. The van der Waals surface area contributed by atoms with Gasteiger partial charge in [-0.15, -0.1) is 0 Å². The molecule has 2 saturated heterocycles. The molecule has 3 N–H and O–H groups in total. The normalized spacial score (nSPS) is 16.3. The smallest absolute Gasteiger partial charge is 0.271 e. The third-order valence-electron chi connectivity index (χ3n) is 6.09. The van der Waals surface area contributed by atoms with Gasteiger partial charge in [0.2, 0.25) is 5.91 Å². The number of carbonyl (C=O) groups excluding carboxylic acids is 2. The van der Waals surface area contributed by atoms with Gasteiger partial charge in [0.05, 0.1) is 18.9 Å². The first kappa shape index (κ1) is 23.5. The summed E-state index contributed by atoms with van der Waals surface area (Å²) in [6.45, 7) is 11.1. The van der Waals surface area contributed by atoms with Crippen molar-refractivity contribution in [3.05, 3.63) is 48.3 Å². The van der Waals surface area contributed by atoms with Crippen molar-refractivity contribution in [1.82, 2.24) is 14.9 Å². The molecule has 1 aromatic heterocycles. The highest BCUT2D eigenvalue weighted by molar-refractivity contribution is 5.96. The van der Waals surface area contributed by atoms with Gasteiger partial charge in [-0.05, 0) is 36.8 Å². The molecule has 180 valence electrons. The van der Waals surface area contributed by atoms with Gasteiger partial charge in [-0.1, -0.05) is 13.5 Å². The van der Waals surface area contributed by atoms with Crippen molar-refractivity contribution >= 4 is 34.8 Å². The first-order chi connectivity index (χ1) is 16.5. The minimum atomic E-state index is -0.636. The quantitative estimate of drug-likeness (QED) is 0.592. The Bertz CT molecular complexity index is 1040. The molecule has 3 heterocycles. The van der Waals surface area contributed by atoms with Crippen molar-refractivity contribution < 1.29 is 14.3 Å². The Balaban J connectivity index is 1.57. The van der Waals surface area contributed by atoms with Crippen LogP contribution in [0.25, 0.3) is 0 Å². The lowest BCUT2D eigenvalue weighted by Crippen LogP contribution is -2.49. The zero-order chi connectivity index (χ0) is 24.1. The van der Waals surface area contributed by atoms with E-state index in [0.29, 0.717) is 49.9 Å². The van der Waals surface area contributed by atoms with Crippen molar-refractivity contribution in [1.29, 1.82) is 0 Å². The van der Waals surface area contributed by atoms with E-state index in [9.17, 15) is 9.59 Å². The Hall–Kier alpha value is -3.66. The van der Waals surface area contributed by atoms with E-state index in [4.69, 9.17) is 15.5 Å². The molecule has 34 heavy (non-hydrogen) atoms. The lowest BCUT2D eigenvalue weighted by molar-refractivity contribution is -0.126. The fourth-order valence-corrected chi connectivity index (χ4v) is 4.19. The minimum Gasteiger partial charge on any atom is -0.378 e. The van der Waals surface area contributed by atoms with Crippen LogP contribution in [0.2, 0.25) is 0 Å². The highest BCUT2D eigenvalue weighted by atomic mass is 16.5. The predicted molar refractivity (Wildman–Crippen MR) is 132 cm³/mol. The molecule has 0 atom stereocenters. The van der Waals surface area contributed by atoms with Gasteiger partial charge in [0.15, 0.2) is 17.3 Å². The number of hydrogen-bond donors (Lipinski definition) is 2. The molecular formula is C24H31N7O3. The summed E-state index contributed by atoms with van der Waals surface area (Å²) in [5.74, 6) is 0.310. The number of nitrogens with two attached hydrogens (primary N) is 1. The zero-order valence-corrected chi connectivity index (χ0v) is 19.5. The van der Waals surface area contributed by atoms with E-state index in [2.05, 4.69) is 26.7 Å². The number of amides is 2. The number of aryl methyl sites for hydroxylation is 1. The van der Waals surface area contributed by atoms with Crippen LogP contribution in [0, 0.1) is 0 Å². The van der Waals surface area contributed by atoms with Crippen LogP contribution < -0.4 is 20.9 Å². The summed E-state index contributed by atoms with van der Waals surface area (Å²) in [5, 5.41) is 3.23. The predicted octanol–water partition coefficient (Wildman–Crippen LogP) is 1.55. The number of ether oxygens (including phenoxy) is 1. The van der Waals surface area contributed by atoms with Gasteiger partial charge in [0.25, 0.3) is 5.91 Å². The average Bonchev–Trinajstić information content (AvgIpc) is 2.89. The maximum Gasteiger partial charge on any atom is 0.271 e. The second kappa shape index (κ2) is 10.5. The van der Waals surface area contributed by atoms with Crippen LogP contribution in [0.3, 0.4) is 0 Å². The molecule has 0 radical (unpaired) electrons. The first-order valence-corrected chi connectivity index (χ1v) is 11.6. The van der Waals surface area contributed by atoms with E-state index in [0.717, 1.165) is 37.7 Å². The summed E-state index contributed by atoms with van der Waals surface area (Å²) in [7, 11) is 0.